The molecule has 1 aliphatic rings. The summed E-state index contributed by atoms with van der Waals surface area (Å²) in [5, 5.41) is 5.42. The molecule has 0 radical (unpaired) electrons. The quantitative estimate of drug-likeness (QED) is 0.812. The Morgan fingerprint density at radius 3 is 2.42 bits per heavy atom. The average Bonchev–Trinajstić information content (AvgIpc) is 2.66. The number of urea groups is 1. The van der Waals surface area contributed by atoms with Crippen molar-refractivity contribution in [2.45, 2.75) is 13.0 Å². The molecule has 0 spiro atoms. The Morgan fingerprint density at radius 1 is 1.08 bits per heavy atom. The molecule has 5 nitrogen and oxygen atoms in total. The molecular formula is C21H20N2O3. The van der Waals surface area contributed by atoms with Gasteiger partial charge in [0.15, 0.2) is 0 Å². The number of hydrogen-bond acceptors (Lipinski definition) is 3. The van der Waals surface area contributed by atoms with E-state index in [2.05, 4.69) is 10.6 Å². The topological polar surface area (TPSA) is 67.4 Å². The highest BCUT2D eigenvalue weighted by Crippen LogP contribution is 2.27. The van der Waals surface area contributed by atoms with Gasteiger partial charge < -0.3 is 15.4 Å². The van der Waals surface area contributed by atoms with E-state index < -0.39 is 12.0 Å². The third-order valence-corrected chi connectivity index (χ3v) is 4.04. The maximum absolute atomic E-state index is 12.6. The van der Waals surface area contributed by atoms with Crippen LogP contribution in [0.1, 0.15) is 24.1 Å². The molecule has 1 heterocycles. The van der Waals surface area contributed by atoms with Crippen LogP contribution in [-0.4, -0.2) is 18.6 Å². The largest absolute Gasteiger partial charge is 0.458 e. The van der Waals surface area contributed by atoms with Crippen LogP contribution in [0.5, 0.6) is 0 Å². The van der Waals surface area contributed by atoms with Crippen LogP contribution in [0.15, 0.2) is 78.0 Å². The van der Waals surface area contributed by atoms with Gasteiger partial charge in [0.2, 0.25) is 0 Å². The summed E-state index contributed by atoms with van der Waals surface area (Å²) in [6, 6.07) is 18.3. The molecule has 1 atom stereocenters. The molecule has 0 saturated carbocycles. The molecule has 2 amide bonds. The molecule has 0 aromatic heterocycles. The summed E-state index contributed by atoms with van der Waals surface area (Å²) in [5.74, 6) is -0.457. The van der Waals surface area contributed by atoms with Gasteiger partial charge in [-0.15, -0.1) is 0 Å². The summed E-state index contributed by atoms with van der Waals surface area (Å²) >= 11 is 0. The molecule has 1 unspecified atom stereocenters. The molecule has 26 heavy (non-hydrogen) atoms. The monoisotopic (exact) mass is 348 g/mol. The van der Waals surface area contributed by atoms with E-state index in [-0.39, 0.29) is 12.6 Å². The zero-order valence-corrected chi connectivity index (χ0v) is 14.4. The standard InChI is InChI=1S/C21H20N2O3/c1-15-18(19(23-21(25)22-15)17-12-6-3-7-13-17)20(24)26-14-8-11-16-9-4-2-5-10-16/h2-13,19H,14H2,1H3,(H2,22,23,25)/b11-8+. The van der Waals surface area contributed by atoms with Gasteiger partial charge in [-0.1, -0.05) is 66.7 Å². The Bertz CT molecular complexity index is 842. The molecule has 5 heteroatoms. The normalized spacial score (nSPS) is 17.0. The predicted octanol–water partition coefficient (Wildman–Crippen LogP) is 3.57. The summed E-state index contributed by atoms with van der Waals surface area (Å²) in [6.45, 7) is 1.85. The summed E-state index contributed by atoms with van der Waals surface area (Å²) < 4.78 is 5.39. The first-order valence-corrected chi connectivity index (χ1v) is 8.37. The van der Waals surface area contributed by atoms with Crippen LogP contribution < -0.4 is 10.6 Å². The molecule has 0 aliphatic carbocycles. The molecule has 132 valence electrons. The number of allylic oxidation sites excluding steroid dienone is 1. The van der Waals surface area contributed by atoms with E-state index in [1.54, 1.807) is 13.0 Å². The number of hydrogen-bond donors (Lipinski definition) is 2. The molecule has 3 rings (SSSR count). The smallest absolute Gasteiger partial charge is 0.338 e. The van der Waals surface area contributed by atoms with E-state index in [0.29, 0.717) is 11.3 Å². The van der Waals surface area contributed by atoms with Crippen molar-refractivity contribution < 1.29 is 14.3 Å². The minimum Gasteiger partial charge on any atom is -0.458 e. The summed E-state index contributed by atoms with van der Waals surface area (Å²) in [7, 11) is 0. The molecule has 2 aromatic carbocycles. The fourth-order valence-corrected chi connectivity index (χ4v) is 2.81. The zero-order valence-electron chi connectivity index (χ0n) is 14.4. The maximum Gasteiger partial charge on any atom is 0.338 e. The van der Waals surface area contributed by atoms with Gasteiger partial charge in [0, 0.05) is 5.70 Å². The van der Waals surface area contributed by atoms with Crippen LogP contribution >= 0.6 is 0 Å². The lowest BCUT2D eigenvalue weighted by Gasteiger charge is -2.28. The fraction of sp³-hybridized carbons (Fsp3) is 0.143. The molecule has 0 saturated heterocycles. The van der Waals surface area contributed by atoms with Gasteiger partial charge in [-0.25, -0.2) is 9.59 Å². The second kappa shape index (κ2) is 8.16. The molecule has 0 fully saturated rings. The number of amides is 2. The lowest BCUT2D eigenvalue weighted by atomic mass is 9.96. The number of nitrogens with one attached hydrogen (secondary N) is 2. The maximum atomic E-state index is 12.6. The minimum atomic E-state index is -0.532. The number of rotatable bonds is 5. The fourth-order valence-electron chi connectivity index (χ4n) is 2.81. The molecule has 0 bridgehead atoms. The first-order valence-electron chi connectivity index (χ1n) is 8.37. The number of ether oxygens (including phenoxy) is 1. The van der Waals surface area contributed by atoms with Crippen molar-refractivity contribution in [2.75, 3.05) is 6.61 Å². The molecule has 2 N–H and O–H groups in total. The first-order chi connectivity index (χ1) is 12.6. The number of benzene rings is 2. The van der Waals surface area contributed by atoms with Gasteiger partial charge in [-0.2, -0.15) is 0 Å². The highest BCUT2D eigenvalue weighted by Gasteiger charge is 2.31. The molecule has 1 aliphatic heterocycles. The minimum absolute atomic E-state index is 0.153. The van der Waals surface area contributed by atoms with Crippen molar-refractivity contribution in [3.05, 3.63) is 89.1 Å². The second-order valence-electron chi connectivity index (χ2n) is 5.89. The van der Waals surface area contributed by atoms with Gasteiger partial charge >= 0.3 is 12.0 Å². The Kier molecular flexibility index (Phi) is 5.49. The average molecular weight is 348 g/mol. The SMILES string of the molecule is CC1=C(C(=O)OC/C=C/c2ccccc2)C(c2ccccc2)NC(=O)N1. The zero-order chi connectivity index (χ0) is 18.4. The van der Waals surface area contributed by atoms with Crippen molar-refractivity contribution >= 4 is 18.1 Å². The van der Waals surface area contributed by atoms with E-state index in [4.69, 9.17) is 4.74 Å². The number of esters is 1. The van der Waals surface area contributed by atoms with Gasteiger partial charge in [-0.05, 0) is 24.1 Å². The Balaban J connectivity index is 1.72. The van der Waals surface area contributed by atoms with Gasteiger partial charge in [0.05, 0.1) is 11.6 Å². The van der Waals surface area contributed by atoms with Crippen LogP contribution in [0.4, 0.5) is 4.79 Å². The van der Waals surface area contributed by atoms with Crippen LogP contribution in [0, 0.1) is 0 Å². The van der Waals surface area contributed by atoms with Crippen LogP contribution in [0.2, 0.25) is 0 Å². The first kappa shape index (κ1) is 17.5. The lowest BCUT2D eigenvalue weighted by Crippen LogP contribution is -2.45. The molecular weight excluding hydrogens is 328 g/mol. The highest BCUT2D eigenvalue weighted by molar-refractivity contribution is 5.95. The van der Waals surface area contributed by atoms with Crippen molar-refractivity contribution in [1.29, 1.82) is 0 Å². The Labute approximate surface area is 152 Å². The predicted molar refractivity (Wildman–Crippen MR) is 100.0 cm³/mol. The van der Waals surface area contributed by atoms with E-state index in [0.717, 1.165) is 11.1 Å². The Hall–Kier alpha value is -3.34. The van der Waals surface area contributed by atoms with Gasteiger partial charge in [0.1, 0.15) is 6.61 Å². The third-order valence-electron chi connectivity index (χ3n) is 4.04. The van der Waals surface area contributed by atoms with Crippen molar-refractivity contribution in [2.24, 2.45) is 0 Å². The van der Waals surface area contributed by atoms with Gasteiger partial charge in [-0.3, -0.25) is 0 Å². The highest BCUT2D eigenvalue weighted by atomic mass is 16.5. The summed E-state index contributed by atoms with van der Waals surface area (Å²) in [4.78, 5) is 24.4. The van der Waals surface area contributed by atoms with E-state index in [1.807, 2.05) is 66.7 Å². The van der Waals surface area contributed by atoms with Crippen LogP contribution in [0.3, 0.4) is 0 Å². The van der Waals surface area contributed by atoms with E-state index in [1.165, 1.54) is 0 Å². The summed E-state index contributed by atoms with van der Waals surface area (Å²) in [5.41, 5.74) is 2.77. The van der Waals surface area contributed by atoms with Crippen molar-refractivity contribution in [1.82, 2.24) is 10.6 Å². The second-order valence-corrected chi connectivity index (χ2v) is 5.89. The van der Waals surface area contributed by atoms with Crippen LogP contribution in [0.25, 0.3) is 6.08 Å². The summed E-state index contributed by atoms with van der Waals surface area (Å²) in [6.07, 6.45) is 3.68. The Morgan fingerprint density at radius 2 is 1.73 bits per heavy atom. The number of carbonyl (C=O) groups excluding carboxylic acids is 2. The third kappa shape index (κ3) is 4.19. The number of carbonyl (C=O) groups is 2. The lowest BCUT2D eigenvalue weighted by molar-refractivity contribution is -0.138. The molecule has 2 aromatic rings. The van der Waals surface area contributed by atoms with E-state index >= 15 is 0 Å². The van der Waals surface area contributed by atoms with Crippen molar-refractivity contribution in [3.63, 3.8) is 0 Å². The van der Waals surface area contributed by atoms with Gasteiger partial charge in [0.25, 0.3) is 0 Å². The van der Waals surface area contributed by atoms with E-state index in [9.17, 15) is 9.59 Å². The van der Waals surface area contributed by atoms with Crippen LogP contribution in [-0.2, 0) is 9.53 Å². The van der Waals surface area contributed by atoms with Crippen molar-refractivity contribution in [3.8, 4) is 0 Å².